The molecule has 1 N–H and O–H groups in total. The molecule has 0 amide bonds. The zero-order valence-electron chi connectivity index (χ0n) is 11.6. The molecule has 0 spiro atoms. The Balaban J connectivity index is 2.13. The molecule has 3 aromatic rings. The largest absolute Gasteiger partial charge is 0.257 e. The summed E-state index contributed by atoms with van der Waals surface area (Å²) in [6.45, 7) is 3.83. The summed E-state index contributed by atoms with van der Waals surface area (Å²) in [6.07, 6.45) is 1.74. The number of H-pyrrole nitrogens is 1. The number of nitrogens with one attached hydrogen (secondary N) is 1. The Kier molecular flexibility index (Phi) is 3.16. The standard InChI is InChI=1S/C15H12N6/c1-9-8-17-10(2)14(18-9)11-4-3-5-12(6-11)15-13(7-16)19-21-20-15/h3-6,8H,1-2H3,(H,19,20,21). The summed E-state index contributed by atoms with van der Waals surface area (Å²) in [5.74, 6) is 0. The second-order valence-corrected chi connectivity index (χ2v) is 4.67. The molecular formula is C15H12N6. The van der Waals surface area contributed by atoms with E-state index in [0.29, 0.717) is 11.4 Å². The molecule has 0 aliphatic heterocycles. The van der Waals surface area contributed by atoms with E-state index in [2.05, 4.69) is 25.4 Å². The third-order valence-electron chi connectivity index (χ3n) is 3.15. The lowest BCUT2D eigenvalue weighted by Gasteiger charge is -2.07. The highest BCUT2D eigenvalue weighted by Crippen LogP contribution is 2.26. The first-order chi connectivity index (χ1) is 10.2. The minimum Gasteiger partial charge on any atom is -0.257 e. The van der Waals surface area contributed by atoms with Crippen molar-refractivity contribution in [3.8, 4) is 28.6 Å². The molecule has 6 heteroatoms. The Morgan fingerprint density at radius 3 is 2.67 bits per heavy atom. The van der Waals surface area contributed by atoms with Crippen molar-refractivity contribution in [3.05, 3.63) is 47.5 Å². The van der Waals surface area contributed by atoms with Gasteiger partial charge in [-0.25, -0.2) is 10.1 Å². The van der Waals surface area contributed by atoms with Gasteiger partial charge in [-0.3, -0.25) is 4.98 Å². The number of benzene rings is 1. The summed E-state index contributed by atoms with van der Waals surface area (Å²) in [5, 5.41) is 19.3. The van der Waals surface area contributed by atoms with E-state index >= 15 is 0 Å². The molecule has 1 aromatic carbocycles. The monoisotopic (exact) mass is 276 g/mol. The van der Waals surface area contributed by atoms with Crippen LogP contribution in [0.1, 0.15) is 17.1 Å². The molecule has 21 heavy (non-hydrogen) atoms. The second kappa shape index (κ2) is 5.13. The zero-order valence-corrected chi connectivity index (χ0v) is 11.6. The van der Waals surface area contributed by atoms with Gasteiger partial charge in [-0.2, -0.15) is 5.26 Å². The van der Waals surface area contributed by atoms with Crippen LogP contribution in [0.3, 0.4) is 0 Å². The second-order valence-electron chi connectivity index (χ2n) is 4.67. The number of nitriles is 1. The van der Waals surface area contributed by atoms with Crippen LogP contribution in [0, 0.1) is 25.2 Å². The number of aromatic amines is 1. The Labute approximate surface area is 121 Å². The lowest BCUT2D eigenvalue weighted by atomic mass is 10.0. The highest BCUT2D eigenvalue weighted by atomic mass is 15.3. The van der Waals surface area contributed by atoms with Gasteiger partial charge >= 0.3 is 0 Å². The summed E-state index contributed by atoms with van der Waals surface area (Å²) in [4.78, 5) is 8.87. The normalized spacial score (nSPS) is 10.3. The average Bonchev–Trinajstić information content (AvgIpc) is 2.98. The molecule has 3 rings (SSSR count). The molecule has 0 aliphatic carbocycles. The molecule has 0 saturated heterocycles. The summed E-state index contributed by atoms with van der Waals surface area (Å²) in [5.41, 5.74) is 5.20. The fourth-order valence-electron chi connectivity index (χ4n) is 2.13. The van der Waals surface area contributed by atoms with Crippen molar-refractivity contribution in [3.63, 3.8) is 0 Å². The number of nitrogens with zero attached hydrogens (tertiary/aromatic N) is 5. The summed E-state index contributed by atoms with van der Waals surface area (Å²) >= 11 is 0. The first kappa shape index (κ1) is 12.9. The molecule has 0 atom stereocenters. The summed E-state index contributed by atoms with van der Waals surface area (Å²) in [7, 11) is 0. The van der Waals surface area contributed by atoms with Gasteiger partial charge in [0.2, 0.25) is 0 Å². The van der Waals surface area contributed by atoms with E-state index in [0.717, 1.165) is 28.2 Å². The van der Waals surface area contributed by atoms with Gasteiger partial charge in [-0.05, 0) is 19.9 Å². The number of rotatable bonds is 2. The molecular weight excluding hydrogens is 264 g/mol. The van der Waals surface area contributed by atoms with Gasteiger partial charge in [0, 0.05) is 17.3 Å². The van der Waals surface area contributed by atoms with Crippen LogP contribution in [0.5, 0.6) is 0 Å². The Morgan fingerprint density at radius 1 is 1.14 bits per heavy atom. The van der Waals surface area contributed by atoms with Crippen LogP contribution in [0.25, 0.3) is 22.5 Å². The van der Waals surface area contributed by atoms with Crippen LogP contribution < -0.4 is 0 Å². The van der Waals surface area contributed by atoms with E-state index in [4.69, 9.17) is 5.26 Å². The molecule has 0 radical (unpaired) electrons. The predicted molar refractivity (Wildman–Crippen MR) is 77.0 cm³/mol. The van der Waals surface area contributed by atoms with Crippen LogP contribution in [0.4, 0.5) is 0 Å². The molecule has 0 unspecified atom stereocenters. The van der Waals surface area contributed by atoms with Gasteiger partial charge in [-0.1, -0.05) is 23.4 Å². The number of aromatic nitrogens is 5. The highest BCUT2D eigenvalue weighted by Gasteiger charge is 2.12. The fraction of sp³-hybridized carbons (Fsp3) is 0.133. The first-order valence-electron chi connectivity index (χ1n) is 6.41. The van der Waals surface area contributed by atoms with E-state index in [1.165, 1.54) is 0 Å². The van der Waals surface area contributed by atoms with E-state index in [1.54, 1.807) is 6.20 Å². The minimum atomic E-state index is 0.346. The molecule has 0 bridgehead atoms. The average molecular weight is 276 g/mol. The van der Waals surface area contributed by atoms with Crippen LogP contribution >= 0.6 is 0 Å². The third-order valence-corrected chi connectivity index (χ3v) is 3.15. The predicted octanol–water partition coefficient (Wildman–Crippen LogP) is 2.42. The van der Waals surface area contributed by atoms with Crippen molar-refractivity contribution in [2.24, 2.45) is 0 Å². The quantitative estimate of drug-likeness (QED) is 0.776. The van der Waals surface area contributed by atoms with Gasteiger partial charge in [0.25, 0.3) is 0 Å². The van der Waals surface area contributed by atoms with Crippen molar-refractivity contribution >= 4 is 0 Å². The Morgan fingerprint density at radius 2 is 1.90 bits per heavy atom. The SMILES string of the molecule is Cc1cnc(C)c(-c2cccc(-c3nn[nH]c3C#N)c2)n1. The van der Waals surface area contributed by atoms with Crippen molar-refractivity contribution in [2.45, 2.75) is 13.8 Å². The maximum atomic E-state index is 9.05. The molecule has 0 saturated carbocycles. The third kappa shape index (κ3) is 2.37. The van der Waals surface area contributed by atoms with E-state index in [1.807, 2.05) is 44.2 Å². The van der Waals surface area contributed by atoms with Crippen molar-refractivity contribution in [1.29, 1.82) is 5.26 Å². The van der Waals surface area contributed by atoms with Crippen molar-refractivity contribution in [2.75, 3.05) is 0 Å². The van der Waals surface area contributed by atoms with Crippen molar-refractivity contribution < 1.29 is 0 Å². The van der Waals surface area contributed by atoms with Gasteiger partial charge in [0.15, 0.2) is 5.69 Å². The highest BCUT2D eigenvalue weighted by molar-refractivity contribution is 5.72. The van der Waals surface area contributed by atoms with Gasteiger partial charge in [0.1, 0.15) is 11.8 Å². The van der Waals surface area contributed by atoms with Gasteiger partial charge in [0.05, 0.1) is 17.1 Å². The van der Waals surface area contributed by atoms with E-state index in [-0.39, 0.29) is 0 Å². The minimum absolute atomic E-state index is 0.346. The molecule has 6 nitrogen and oxygen atoms in total. The molecule has 0 fully saturated rings. The number of hydrogen-bond acceptors (Lipinski definition) is 5. The molecule has 0 aliphatic rings. The fourth-order valence-corrected chi connectivity index (χ4v) is 2.13. The summed E-state index contributed by atoms with van der Waals surface area (Å²) < 4.78 is 0. The van der Waals surface area contributed by atoms with E-state index < -0.39 is 0 Å². The topological polar surface area (TPSA) is 91.1 Å². The number of aryl methyl sites for hydroxylation is 2. The van der Waals surface area contributed by atoms with Crippen LogP contribution in [0.15, 0.2) is 30.5 Å². The van der Waals surface area contributed by atoms with Gasteiger partial charge in [-0.15, -0.1) is 5.10 Å². The van der Waals surface area contributed by atoms with Gasteiger partial charge < -0.3 is 0 Å². The summed E-state index contributed by atoms with van der Waals surface area (Å²) in [6, 6.07) is 9.75. The Hall–Kier alpha value is -3.07. The van der Waals surface area contributed by atoms with Crippen molar-refractivity contribution in [1.82, 2.24) is 25.4 Å². The molecule has 102 valence electrons. The number of hydrogen-bond donors (Lipinski definition) is 1. The molecule has 2 aromatic heterocycles. The van der Waals surface area contributed by atoms with Crippen LogP contribution in [0.2, 0.25) is 0 Å². The maximum Gasteiger partial charge on any atom is 0.163 e. The van der Waals surface area contributed by atoms with E-state index in [9.17, 15) is 0 Å². The maximum absolute atomic E-state index is 9.05. The molecule has 2 heterocycles. The first-order valence-corrected chi connectivity index (χ1v) is 6.41. The lowest BCUT2D eigenvalue weighted by Crippen LogP contribution is -1.95. The zero-order chi connectivity index (χ0) is 14.8. The van der Waals surface area contributed by atoms with Crippen LogP contribution in [-0.2, 0) is 0 Å². The lowest BCUT2D eigenvalue weighted by molar-refractivity contribution is 0.937. The van der Waals surface area contributed by atoms with Crippen LogP contribution in [-0.4, -0.2) is 25.4 Å². The Bertz CT molecular complexity index is 843. The smallest absolute Gasteiger partial charge is 0.163 e.